The summed E-state index contributed by atoms with van der Waals surface area (Å²) in [5, 5.41) is 8.03. The van der Waals surface area contributed by atoms with Gasteiger partial charge in [-0.05, 0) is 78.6 Å². The number of halogens is 2. The van der Waals surface area contributed by atoms with Gasteiger partial charge < -0.3 is 15.1 Å². The average Bonchev–Trinajstić information content (AvgIpc) is 3.37. The molecule has 0 bridgehead atoms. The standard InChI is InChI=1S/C35H37BrFN9O3/c1-19-8-24(37)31(36)41-32(19)42-33(49)26-10-35(18-44-16-34(17-44)6-4-5-7-34)11-28(35)46(26)29(48)15-45-27-14-40-25(22-12-38-21(3)39-13-22)9-23(27)30(43-45)20(2)47/h8-9,12-14,26,28H,4-7,10-11,15-18H2,1-3H3,(H,41,42,49)/t26?,28-,35+/m1/s1. The van der Waals surface area contributed by atoms with Gasteiger partial charge in [-0.2, -0.15) is 5.10 Å². The number of pyridine rings is 2. The van der Waals surface area contributed by atoms with Gasteiger partial charge in [0.1, 0.15) is 34.5 Å². The van der Waals surface area contributed by atoms with Crippen molar-refractivity contribution in [2.45, 2.75) is 77.9 Å². The third kappa shape index (κ3) is 5.62. The SMILES string of the molecule is CC(=O)c1nn(CC(=O)N2C(C(=O)Nc3nc(Br)c(F)cc3C)C[C@@]3(CN4CC5(CCCC5)C4)C[C@@H]23)c2cnc(-c3cnc(C)nc3)cc12. The molecule has 254 valence electrons. The summed E-state index contributed by atoms with van der Waals surface area (Å²) in [6, 6.07) is 2.25. The van der Waals surface area contributed by atoms with Crippen molar-refractivity contribution in [1.29, 1.82) is 0 Å². The summed E-state index contributed by atoms with van der Waals surface area (Å²) >= 11 is 3.12. The van der Waals surface area contributed by atoms with Crippen LogP contribution in [-0.4, -0.2) is 88.8 Å². The number of aromatic nitrogens is 6. The molecule has 4 fully saturated rings. The summed E-state index contributed by atoms with van der Waals surface area (Å²) in [5.74, 6) is -0.499. The Morgan fingerprint density at radius 2 is 1.78 bits per heavy atom. The number of piperidine rings is 1. The van der Waals surface area contributed by atoms with Crippen molar-refractivity contribution in [3.05, 3.63) is 58.2 Å². The Balaban J connectivity index is 1.08. The van der Waals surface area contributed by atoms with E-state index in [-0.39, 0.29) is 51.7 Å². The lowest BCUT2D eigenvalue weighted by Crippen LogP contribution is -2.56. The van der Waals surface area contributed by atoms with Crippen LogP contribution in [0.15, 0.2) is 35.3 Å². The first kappa shape index (κ1) is 32.1. The molecule has 3 atom stereocenters. The second kappa shape index (κ2) is 11.7. The summed E-state index contributed by atoms with van der Waals surface area (Å²) in [6.07, 6.45) is 11.5. The molecule has 2 amide bonds. The van der Waals surface area contributed by atoms with Crippen LogP contribution >= 0.6 is 15.9 Å². The molecule has 0 aromatic carbocycles. The molecule has 2 aliphatic heterocycles. The molecule has 4 aliphatic rings. The molecule has 4 aromatic rings. The first-order chi connectivity index (χ1) is 23.4. The van der Waals surface area contributed by atoms with Gasteiger partial charge in [0.25, 0.3) is 0 Å². The Hall–Kier alpha value is -4.17. The number of Topliss-reactive ketones (excluding diaryl/α,β-unsaturated/α-hetero) is 1. The summed E-state index contributed by atoms with van der Waals surface area (Å²) in [7, 11) is 0. The molecular weight excluding hydrogens is 693 g/mol. The minimum atomic E-state index is -0.738. The third-order valence-corrected chi connectivity index (χ3v) is 11.6. The van der Waals surface area contributed by atoms with E-state index < -0.39 is 11.9 Å². The van der Waals surface area contributed by atoms with Crippen molar-refractivity contribution >= 4 is 50.2 Å². The topological polar surface area (TPSA) is 139 Å². The van der Waals surface area contributed by atoms with E-state index >= 15 is 0 Å². The number of aryl methyl sites for hydroxylation is 2. The van der Waals surface area contributed by atoms with Crippen LogP contribution in [0.5, 0.6) is 0 Å². The minimum Gasteiger partial charge on any atom is -0.325 e. The number of likely N-dealkylation sites (tertiary alicyclic amines) is 2. The van der Waals surface area contributed by atoms with Crippen LogP contribution in [-0.2, 0) is 16.1 Å². The number of rotatable bonds is 8. The summed E-state index contributed by atoms with van der Waals surface area (Å²) < 4.78 is 15.6. The Labute approximate surface area is 291 Å². The van der Waals surface area contributed by atoms with E-state index in [1.807, 2.05) is 0 Å². The molecule has 12 nitrogen and oxygen atoms in total. The summed E-state index contributed by atoms with van der Waals surface area (Å²) in [6.45, 7) is 7.76. The van der Waals surface area contributed by atoms with E-state index in [9.17, 15) is 18.8 Å². The van der Waals surface area contributed by atoms with Gasteiger partial charge in [-0.1, -0.05) is 12.8 Å². The van der Waals surface area contributed by atoms with E-state index in [1.54, 1.807) is 43.4 Å². The zero-order valence-electron chi connectivity index (χ0n) is 27.7. The number of carbonyl (C=O) groups is 3. The van der Waals surface area contributed by atoms with E-state index in [2.05, 4.69) is 51.2 Å². The van der Waals surface area contributed by atoms with Crippen molar-refractivity contribution in [3.63, 3.8) is 0 Å². The van der Waals surface area contributed by atoms with Crippen molar-refractivity contribution in [1.82, 2.24) is 39.5 Å². The Morgan fingerprint density at radius 3 is 2.49 bits per heavy atom. The van der Waals surface area contributed by atoms with Gasteiger partial charge in [0.05, 0.1) is 17.4 Å². The van der Waals surface area contributed by atoms with Crippen LogP contribution in [0.2, 0.25) is 0 Å². The van der Waals surface area contributed by atoms with Gasteiger partial charge in [-0.3, -0.25) is 24.0 Å². The second-order valence-electron chi connectivity index (χ2n) is 14.5. The smallest absolute Gasteiger partial charge is 0.248 e. The number of fused-ring (bicyclic) bond motifs is 2. The number of amides is 2. The molecule has 2 saturated carbocycles. The Kier molecular flexibility index (Phi) is 7.67. The lowest BCUT2D eigenvalue weighted by atomic mass is 9.77. The van der Waals surface area contributed by atoms with Crippen molar-refractivity contribution < 1.29 is 18.8 Å². The summed E-state index contributed by atoms with van der Waals surface area (Å²) in [5.41, 5.74) is 2.81. The zero-order chi connectivity index (χ0) is 34.2. The molecule has 6 heterocycles. The van der Waals surface area contributed by atoms with E-state index in [1.165, 1.54) is 43.4 Å². The predicted molar refractivity (Wildman–Crippen MR) is 182 cm³/mol. The monoisotopic (exact) mass is 729 g/mol. The van der Waals surface area contributed by atoms with Crippen molar-refractivity contribution in [2.75, 3.05) is 25.0 Å². The van der Waals surface area contributed by atoms with Crippen LogP contribution < -0.4 is 5.32 Å². The normalized spacial score (nSPS) is 23.9. The maximum absolute atomic E-state index is 14.3. The van der Waals surface area contributed by atoms with Gasteiger partial charge in [-0.25, -0.2) is 19.3 Å². The van der Waals surface area contributed by atoms with Crippen molar-refractivity contribution in [2.24, 2.45) is 10.8 Å². The summed E-state index contributed by atoms with van der Waals surface area (Å²) in [4.78, 5) is 62.5. The van der Waals surface area contributed by atoms with Crippen LogP contribution in [0, 0.1) is 30.5 Å². The predicted octanol–water partition coefficient (Wildman–Crippen LogP) is 4.88. The van der Waals surface area contributed by atoms with Crippen LogP contribution in [0.1, 0.15) is 67.3 Å². The fraction of sp³-hybridized carbons (Fsp3) is 0.486. The molecule has 0 radical (unpaired) electrons. The van der Waals surface area contributed by atoms with Gasteiger partial charge in [0.2, 0.25) is 11.8 Å². The zero-order valence-corrected chi connectivity index (χ0v) is 29.3. The first-order valence-electron chi connectivity index (χ1n) is 16.8. The molecule has 1 unspecified atom stereocenters. The van der Waals surface area contributed by atoms with Gasteiger partial charge in [0.15, 0.2) is 11.6 Å². The van der Waals surface area contributed by atoms with Gasteiger partial charge in [-0.15, -0.1) is 0 Å². The van der Waals surface area contributed by atoms with Crippen LogP contribution in [0.4, 0.5) is 10.2 Å². The molecule has 1 spiro atoms. The maximum atomic E-state index is 14.3. The fourth-order valence-electron chi connectivity index (χ4n) is 8.57. The molecule has 4 aromatic heterocycles. The van der Waals surface area contributed by atoms with Crippen LogP contribution in [0.25, 0.3) is 22.2 Å². The quantitative estimate of drug-likeness (QED) is 0.199. The molecule has 49 heavy (non-hydrogen) atoms. The first-order valence-corrected chi connectivity index (χ1v) is 17.6. The van der Waals surface area contributed by atoms with Crippen LogP contribution in [0.3, 0.4) is 0 Å². The molecule has 1 N–H and O–H groups in total. The highest BCUT2D eigenvalue weighted by Crippen LogP contribution is 2.61. The number of ketones is 1. The molecule has 2 saturated heterocycles. The van der Waals surface area contributed by atoms with E-state index in [4.69, 9.17) is 0 Å². The average molecular weight is 731 g/mol. The van der Waals surface area contributed by atoms with Gasteiger partial charge >= 0.3 is 0 Å². The highest BCUT2D eigenvalue weighted by atomic mass is 79.9. The van der Waals surface area contributed by atoms with E-state index in [0.29, 0.717) is 45.4 Å². The minimum absolute atomic E-state index is 0.00389. The van der Waals surface area contributed by atoms with Crippen molar-refractivity contribution in [3.8, 4) is 11.3 Å². The highest BCUT2D eigenvalue weighted by molar-refractivity contribution is 9.10. The highest BCUT2D eigenvalue weighted by Gasteiger charge is 2.68. The Bertz CT molecular complexity index is 2020. The third-order valence-electron chi connectivity index (χ3n) is 11.0. The largest absolute Gasteiger partial charge is 0.325 e. The number of nitrogens with zero attached hydrogens (tertiary/aromatic N) is 8. The lowest BCUT2D eigenvalue weighted by Gasteiger charge is -2.49. The molecular formula is C35H37BrFN9O3. The molecule has 2 aliphatic carbocycles. The lowest BCUT2D eigenvalue weighted by molar-refractivity contribution is -0.138. The molecule has 14 heteroatoms. The van der Waals surface area contributed by atoms with E-state index in [0.717, 1.165) is 26.1 Å². The van der Waals surface area contributed by atoms with Gasteiger partial charge in [0, 0.05) is 61.4 Å². The number of carbonyl (C=O) groups excluding carboxylic acids is 3. The number of hydrogen-bond acceptors (Lipinski definition) is 9. The number of nitrogens with one attached hydrogen (secondary N) is 1. The molecule has 8 rings (SSSR count). The maximum Gasteiger partial charge on any atom is 0.248 e. The Morgan fingerprint density at radius 1 is 1.04 bits per heavy atom. The number of anilines is 1. The fourth-order valence-corrected chi connectivity index (χ4v) is 8.86. The second-order valence-corrected chi connectivity index (χ2v) is 15.3. The number of hydrogen-bond donors (Lipinski definition) is 1.